The van der Waals surface area contributed by atoms with Crippen molar-refractivity contribution in [2.75, 3.05) is 5.73 Å². The van der Waals surface area contributed by atoms with E-state index in [9.17, 15) is 19.5 Å². The van der Waals surface area contributed by atoms with Gasteiger partial charge in [0.05, 0.1) is 0 Å². The second kappa shape index (κ2) is 19.7. The van der Waals surface area contributed by atoms with Gasteiger partial charge in [-0.3, -0.25) is 9.59 Å². The molecule has 7 N–H and O–H groups in total. The van der Waals surface area contributed by atoms with Gasteiger partial charge in [0.25, 0.3) is 0 Å². The first kappa shape index (κ1) is 44.6. The number of nitrogens with two attached hydrogens (primary N) is 1. The molecule has 0 aliphatic carbocycles. The summed E-state index contributed by atoms with van der Waals surface area (Å²) in [5, 5.41) is 24.5. The van der Waals surface area contributed by atoms with Crippen LogP contribution in [0.1, 0.15) is 79.2 Å². The van der Waals surface area contributed by atoms with E-state index >= 15 is 0 Å². The molecule has 0 saturated carbocycles. The number of imidazole rings is 1. The number of ether oxygens (including phenoxy) is 1. The molecular formula is C49H55N9O6. The number of phenolic OH excluding ortho intramolecular Hbond substituents is 1. The summed E-state index contributed by atoms with van der Waals surface area (Å²) in [6.45, 7) is 9.30. The topological polar surface area (TPSA) is 215 Å². The number of alkyl carbamates (subject to hydrolysis) is 1. The highest BCUT2D eigenvalue weighted by molar-refractivity contribution is 5.92. The largest absolute Gasteiger partial charge is 0.508 e. The molecule has 0 spiro atoms. The lowest BCUT2D eigenvalue weighted by Crippen LogP contribution is -2.55. The van der Waals surface area contributed by atoms with Crippen LogP contribution in [0.4, 0.5) is 10.7 Å². The van der Waals surface area contributed by atoms with Crippen LogP contribution in [-0.4, -0.2) is 65.4 Å². The number of nitrogen functional groups attached to an aromatic ring is 1. The van der Waals surface area contributed by atoms with Crippen molar-refractivity contribution in [2.45, 2.75) is 97.0 Å². The van der Waals surface area contributed by atoms with Crippen LogP contribution in [0, 0.1) is 13.8 Å². The third kappa shape index (κ3) is 11.5. The van der Waals surface area contributed by atoms with Gasteiger partial charge in [0, 0.05) is 55.3 Å². The van der Waals surface area contributed by atoms with Gasteiger partial charge in [0.1, 0.15) is 29.5 Å². The molecule has 15 heteroatoms. The summed E-state index contributed by atoms with van der Waals surface area (Å²) < 4.78 is 13.2. The van der Waals surface area contributed by atoms with Crippen molar-refractivity contribution in [1.82, 2.24) is 40.6 Å². The van der Waals surface area contributed by atoms with Crippen LogP contribution in [0.5, 0.6) is 5.75 Å². The number of phenols is 1. The smallest absolute Gasteiger partial charge is 0.408 e. The molecule has 332 valence electrons. The number of nitrogens with one attached hydrogen (secondary N) is 4. The maximum Gasteiger partial charge on any atom is 0.408 e. The van der Waals surface area contributed by atoms with Gasteiger partial charge in [-0.2, -0.15) is 4.98 Å². The molecule has 3 aromatic heterocycles. The summed E-state index contributed by atoms with van der Waals surface area (Å²) in [4.78, 5) is 54.5. The molecule has 0 aliphatic rings. The number of anilines is 1. The molecule has 3 atom stereocenters. The lowest BCUT2D eigenvalue weighted by atomic mass is 9.95. The average Bonchev–Trinajstić information content (AvgIpc) is 4.01. The standard InChI is InChI=1S/C49H55N9O6/c1-30-24-36(59)25-31(2)38(30)28-41(53-44(60)40(55-48(62)63-49(3,4)5)16-11-22-58-23-21-51-47(58)50)45(61)54-42(27-35-29-52-39-15-10-9-14-37(35)39)46-56-43(57-64-46)26-32-17-19-34(20-18-32)33-12-7-6-8-13-33/h6-10,12-15,17-21,23-25,29,40-42,52,59H,11,16,22,26-28H2,1-5H3,(H2,50,51)(H,53,60)(H,54,61)(H,55,62)/t40-,41+,42+/m1/s1. The van der Waals surface area contributed by atoms with E-state index in [1.165, 1.54) is 0 Å². The molecule has 4 aromatic carbocycles. The maximum absolute atomic E-state index is 14.8. The number of hydrogen-bond acceptors (Lipinski definition) is 10. The first-order valence-electron chi connectivity index (χ1n) is 21.4. The lowest BCUT2D eigenvalue weighted by Gasteiger charge is -2.27. The van der Waals surface area contributed by atoms with Gasteiger partial charge in [-0.15, -0.1) is 0 Å². The van der Waals surface area contributed by atoms with Gasteiger partial charge >= 0.3 is 6.09 Å². The predicted molar refractivity (Wildman–Crippen MR) is 244 cm³/mol. The number of aryl methyl sites for hydroxylation is 3. The van der Waals surface area contributed by atoms with Crippen molar-refractivity contribution in [2.24, 2.45) is 0 Å². The first-order chi connectivity index (χ1) is 30.7. The van der Waals surface area contributed by atoms with Crippen LogP contribution < -0.4 is 21.7 Å². The monoisotopic (exact) mass is 865 g/mol. The summed E-state index contributed by atoms with van der Waals surface area (Å²) in [5.74, 6) is -0.0736. The minimum atomic E-state index is -1.15. The van der Waals surface area contributed by atoms with Gasteiger partial charge in [0.2, 0.25) is 17.7 Å². The average molecular weight is 866 g/mol. The number of carbonyl (C=O) groups excluding carboxylic acids is 3. The van der Waals surface area contributed by atoms with Crippen LogP contribution in [-0.2, 0) is 40.1 Å². The van der Waals surface area contributed by atoms with Crippen LogP contribution in [0.3, 0.4) is 0 Å². The van der Waals surface area contributed by atoms with Crippen LogP contribution >= 0.6 is 0 Å². The van der Waals surface area contributed by atoms with Crippen molar-refractivity contribution in [1.29, 1.82) is 0 Å². The van der Waals surface area contributed by atoms with Gasteiger partial charge in [-0.05, 0) is 105 Å². The summed E-state index contributed by atoms with van der Waals surface area (Å²) in [5.41, 5.74) is 12.4. The number of hydrogen-bond donors (Lipinski definition) is 6. The Hall–Kier alpha value is -7.42. The number of nitrogens with zero attached hydrogens (tertiary/aromatic N) is 4. The summed E-state index contributed by atoms with van der Waals surface area (Å²) in [6, 6.07) is 26.3. The normalized spacial score (nSPS) is 13.0. The fourth-order valence-electron chi connectivity index (χ4n) is 7.79. The highest BCUT2D eigenvalue weighted by Gasteiger charge is 2.32. The van der Waals surface area contributed by atoms with Crippen molar-refractivity contribution in [3.8, 4) is 16.9 Å². The Labute approximate surface area is 371 Å². The molecular weight excluding hydrogens is 811 g/mol. The first-order valence-corrected chi connectivity index (χ1v) is 21.4. The Kier molecular flexibility index (Phi) is 13.8. The molecule has 64 heavy (non-hydrogen) atoms. The number of amides is 3. The van der Waals surface area contributed by atoms with Gasteiger partial charge in [-0.1, -0.05) is 78.0 Å². The van der Waals surface area contributed by atoms with Crippen molar-refractivity contribution < 1.29 is 28.8 Å². The molecule has 3 heterocycles. The SMILES string of the molecule is Cc1cc(O)cc(C)c1C[C@H](NC(=O)[C@@H](CCCn1ccnc1N)NC(=O)OC(C)(C)C)C(=O)N[C@@H](Cc1c[nH]c2ccccc12)c1nc(Cc2ccc(-c3ccccc3)cc2)no1. The van der Waals surface area contributed by atoms with E-state index in [4.69, 9.17) is 20.0 Å². The molecule has 3 amide bonds. The number of para-hydroxylation sites is 1. The molecule has 7 aromatic rings. The highest BCUT2D eigenvalue weighted by atomic mass is 16.6. The second-order valence-electron chi connectivity index (χ2n) is 17.1. The van der Waals surface area contributed by atoms with E-state index in [1.54, 1.807) is 49.9 Å². The quantitative estimate of drug-likeness (QED) is 0.0533. The number of fused-ring (bicyclic) bond motifs is 1. The molecule has 0 fully saturated rings. The number of H-pyrrole nitrogens is 1. The van der Waals surface area contributed by atoms with Crippen molar-refractivity contribution in [3.63, 3.8) is 0 Å². The van der Waals surface area contributed by atoms with E-state index in [-0.39, 0.29) is 30.9 Å². The third-order valence-electron chi connectivity index (χ3n) is 11.0. The molecule has 0 bridgehead atoms. The molecule has 15 nitrogen and oxygen atoms in total. The Morgan fingerprint density at radius 2 is 1.56 bits per heavy atom. The molecule has 0 unspecified atom stereocenters. The number of aromatic amines is 1. The fraction of sp³-hybridized carbons (Fsp3) is 0.306. The van der Waals surface area contributed by atoms with E-state index in [0.29, 0.717) is 31.2 Å². The number of aromatic nitrogens is 5. The fourth-order valence-corrected chi connectivity index (χ4v) is 7.79. The zero-order chi connectivity index (χ0) is 45.4. The Morgan fingerprint density at radius 3 is 2.27 bits per heavy atom. The minimum Gasteiger partial charge on any atom is -0.508 e. The van der Waals surface area contributed by atoms with E-state index < -0.39 is 41.6 Å². The molecule has 0 saturated heterocycles. The highest BCUT2D eigenvalue weighted by Crippen LogP contribution is 2.27. The second-order valence-corrected chi connectivity index (χ2v) is 17.1. The Morgan fingerprint density at radius 1 is 0.875 bits per heavy atom. The number of carbonyl (C=O) groups is 3. The van der Waals surface area contributed by atoms with Crippen molar-refractivity contribution >= 4 is 34.8 Å². The maximum atomic E-state index is 14.8. The Balaban J connectivity index is 1.17. The Bertz CT molecular complexity index is 2680. The third-order valence-corrected chi connectivity index (χ3v) is 11.0. The summed E-state index contributed by atoms with van der Waals surface area (Å²) in [7, 11) is 0. The van der Waals surface area contributed by atoms with Crippen molar-refractivity contribution in [3.05, 3.63) is 149 Å². The molecule has 7 rings (SSSR count). The van der Waals surface area contributed by atoms with Crippen LogP contribution in [0.2, 0.25) is 0 Å². The van der Waals surface area contributed by atoms with Gasteiger partial charge < -0.3 is 45.6 Å². The number of benzene rings is 4. The minimum absolute atomic E-state index is 0.0636. The van der Waals surface area contributed by atoms with Gasteiger partial charge in [-0.25, -0.2) is 9.78 Å². The lowest BCUT2D eigenvalue weighted by molar-refractivity contribution is -0.130. The zero-order valence-electron chi connectivity index (χ0n) is 36.7. The van der Waals surface area contributed by atoms with E-state index in [1.807, 2.05) is 74.6 Å². The zero-order valence-corrected chi connectivity index (χ0v) is 36.7. The van der Waals surface area contributed by atoms with E-state index in [2.05, 4.69) is 55.3 Å². The van der Waals surface area contributed by atoms with Crippen LogP contribution in [0.15, 0.2) is 114 Å². The predicted octanol–water partition coefficient (Wildman–Crippen LogP) is 7.41. The van der Waals surface area contributed by atoms with E-state index in [0.717, 1.165) is 49.8 Å². The van der Waals surface area contributed by atoms with Crippen LogP contribution in [0.25, 0.3) is 22.0 Å². The molecule has 0 aliphatic heterocycles. The summed E-state index contributed by atoms with van der Waals surface area (Å²) in [6.07, 6.45) is 5.79. The summed E-state index contributed by atoms with van der Waals surface area (Å²) >= 11 is 0. The number of rotatable bonds is 17. The molecule has 0 radical (unpaired) electrons. The van der Waals surface area contributed by atoms with Gasteiger partial charge in [0.15, 0.2) is 11.8 Å². The number of aromatic hydroxyl groups is 1.